The van der Waals surface area contributed by atoms with Gasteiger partial charge in [-0.3, -0.25) is 9.59 Å². The molecule has 1 saturated carbocycles. The van der Waals surface area contributed by atoms with Crippen molar-refractivity contribution in [2.45, 2.75) is 6.42 Å². The van der Waals surface area contributed by atoms with Crippen LogP contribution in [0.3, 0.4) is 0 Å². The smallest absolute Gasteiger partial charge is 0.307 e. The number of aromatic nitrogens is 2. The first-order valence-corrected chi connectivity index (χ1v) is 5.97. The first-order chi connectivity index (χ1) is 8.68. The Hall–Kier alpha value is -1.98. The molecule has 2 aliphatic rings. The standard InChI is InChI=1S/C12H13N3O3/c16-11(10-13-3-1-4-14-10)15-5-2-7-8(6-15)9(7)12(17)18/h1,3-4,7-9H,2,5-6H2,(H,17,18)/t7-,8+,9-/m1/s1. The third-order valence-corrected chi connectivity index (χ3v) is 3.82. The number of amides is 1. The maximum absolute atomic E-state index is 12.1. The second kappa shape index (κ2) is 4.04. The number of carbonyl (C=O) groups excluding carboxylic acids is 1. The number of carboxylic acids is 1. The monoisotopic (exact) mass is 247 g/mol. The minimum absolute atomic E-state index is 0.115. The van der Waals surface area contributed by atoms with Crippen molar-refractivity contribution in [3.63, 3.8) is 0 Å². The highest BCUT2D eigenvalue weighted by molar-refractivity contribution is 5.90. The Morgan fingerprint density at radius 3 is 2.67 bits per heavy atom. The van der Waals surface area contributed by atoms with Crippen LogP contribution in [0.15, 0.2) is 18.5 Å². The summed E-state index contributed by atoms with van der Waals surface area (Å²) in [6, 6.07) is 1.66. The number of hydrogen-bond acceptors (Lipinski definition) is 4. The van der Waals surface area contributed by atoms with Gasteiger partial charge in [-0.15, -0.1) is 0 Å². The van der Waals surface area contributed by atoms with Gasteiger partial charge in [-0.05, 0) is 24.3 Å². The number of rotatable bonds is 2. The molecule has 1 N–H and O–H groups in total. The Bertz CT molecular complexity index is 491. The van der Waals surface area contributed by atoms with Crippen molar-refractivity contribution >= 4 is 11.9 Å². The fraction of sp³-hybridized carbons (Fsp3) is 0.500. The van der Waals surface area contributed by atoms with E-state index in [0.717, 1.165) is 6.42 Å². The van der Waals surface area contributed by atoms with Crippen molar-refractivity contribution in [2.24, 2.45) is 17.8 Å². The van der Waals surface area contributed by atoms with Crippen LogP contribution in [0.25, 0.3) is 0 Å². The lowest BCUT2D eigenvalue weighted by molar-refractivity contribution is -0.139. The number of carbonyl (C=O) groups is 2. The number of fused-ring (bicyclic) bond motifs is 1. The van der Waals surface area contributed by atoms with E-state index in [1.807, 2.05) is 0 Å². The molecule has 0 bridgehead atoms. The zero-order valence-electron chi connectivity index (χ0n) is 9.69. The van der Waals surface area contributed by atoms with Crippen LogP contribution >= 0.6 is 0 Å². The van der Waals surface area contributed by atoms with Crippen molar-refractivity contribution in [3.05, 3.63) is 24.3 Å². The molecule has 1 aromatic heterocycles. The number of nitrogens with zero attached hydrogens (tertiary/aromatic N) is 3. The van der Waals surface area contributed by atoms with E-state index in [4.69, 9.17) is 5.11 Å². The van der Waals surface area contributed by atoms with Gasteiger partial charge in [0.05, 0.1) is 5.92 Å². The van der Waals surface area contributed by atoms with Crippen molar-refractivity contribution < 1.29 is 14.7 Å². The van der Waals surface area contributed by atoms with Gasteiger partial charge in [0.25, 0.3) is 5.91 Å². The third-order valence-electron chi connectivity index (χ3n) is 3.82. The molecule has 1 aromatic rings. The molecule has 6 heteroatoms. The third kappa shape index (κ3) is 1.73. The number of hydrogen-bond donors (Lipinski definition) is 1. The molecule has 3 rings (SSSR count). The van der Waals surface area contributed by atoms with Gasteiger partial charge in [0.2, 0.25) is 5.82 Å². The SMILES string of the molecule is O=C(O)[C@@H]1[C@@H]2CCN(C(=O)c3ncccn3)C[C@@H]21. The number of aliphatic carboxylic acids is 1. The van der Waals surface area contributed by atoms with Crippen molar-refractivity contribution in [3.8, 4) is 0 Å². The summed E-state index contributed by atoms with van der Waals surface area (Å²) in [5.41, 5.74) is 0. The molecule has 1 amide bonds. The lowest BCUT2D eigenvalue weighted by atomic mass is 10.1. The second-order valence-corrected chi connectivity index (χ2v) is 4.80. The molecular formula is C12H13N3O3. The molecule has 1 aliphatic carbocycles. The molecule has 2 heterocycles. The van der Waals surface area contributed by atoms with E-state index < -0.39 is 5.97 Å². The summed E-state index contributed by atoms with van der Waals surface area (Å²) in [5.74, 6) is -0.657. The normalized spacial score (nSPS) is 29.6. The van der Waals surface area contributed by atoms with Gasteiger partial charge in [0.15, 0.2) is 0 Å². The molecule has 94 valence electrons. The summed E-state index contributed by atoms with van der Waals surface area (Å²) >= 11 is 0. The summed E-state index contributed by atoms with van der Waals surface area (Å²) in [7, 11) is 0. The molecule has 1 aliphatic heterocycles. The highest BCUT2D eigenvalue weighted by Gasteiger charge is 2.57. The van der Waals surface area contributed by atoms with Crippen molar-refractivity contribution in [1.29, 1.82) is 0 Å². The Labute approximate surface area is 104 Å². The summed E-state index contributed by atoms with van der Waals surface area (Å²) in [5, 5.41) is 9.00. The zero-order chi connectivity index (χ0) is 12.7. The first-order valence-electron chi connectivity index (χ1n) is 5.97. The zero-order valence-corrected chi connectivity index (χ0v) is 9.69. The van der Waals surface area contributed by atoms with Crippen LogP contribution in [-0.2, 0) is 4.79 Å². The highest BCUT2D eigenvalue weighted by atomic mass is 16.4. The van der Waals surface area contributed by atoms with Crippen LogP contribution in [0, 0.1) is 17.8 Å². The number of likely N-dealkylation sites (tertiary alicyclic amines) is 1. The van der Waals surface area contributed by atoms with Crippen molar-refractivity contribution in [2.75, 3.05) is 13.1 Å². The van der Waals surface area contributed by atoms with E-state index in [1.54, 1.807) is 11.0 Å². The largest absolute Gasteiger partial charge is 0.481 e. The molecule has 0 unspecified atom stereocenters. The Kier molecular flexibility index (Phi) is 2.50. The lowest BCUT2D eigenvalue weighted by Gasteiger charge is -2.25. The lowest BCUT2D eigenvalue weighted by Crippen LogP contribution is -2.37. The minimum atomic E-state index is -0.740. The first kappa shape index (κ1) is 11.1. The molecule has 3 atom stereocenters. The van der Waals surface area contributed by atoms with Gasteiger partial charge >= 0.3 is 5.97 Å². The van der Waals surface area contributed by atoms with Gasteiger partial charge in [-0.2, -0.15) is 0 Å². The maximum Gasteiger partial charge on any atom is 0.307 e. The minimum Gasteiger partial charge on any atom is -0.481 e. The molecule has 6 nitrogen and oxygen atoms in total. The summed E-state index contributed by atoms with van der Waals surface area (Å²) in [4.78, 5) is 32.6. The van der Waals surface area contributed by atoms with E-state index in [1.165, 1.54) is 12.4 Å². The van der Waals surface area contributed by atoms with Gasteiger partial charge in [-0.1, -0.05) is 0 Å². The van der Waals surface area contributed by atoms with E-state index >= 15 is 0 Å². The molecular weight excluding hydrogens is 234 g/mol. The molecule has 1 saturated heterocycles. The van der Waals surface area contributed by atoms with Crippen LogP contribution in [0.4, 0.5) is 0 Å². The predicted octanol–water partition coefficient (Wildman–Crippen LogP) is 0.269. The van der Waals surface area contributed by atoms with Crippen LogP contribution < -0.4 is 0 Å². The van der Waals surface area contributed by atoms with E-state index in [2.05, 4.69) is 9.97 Å². The molecule has 18 heavy (non-hydrogen) atoms. The summed E-state index contributed by atoms with van der Waals surface area (Å²) in [6.07, 6.45) is 3.83. The highest BCUT2D eigenvalue weighted by Crippen LogP contribution is 2.51. The Balaban J connectivity index is 1.69. The molecule has 0 aromatic carbocycles. The Morgan fingerprint density at radius 2 is 2.00 bits per heavy atom. The Morgan fingerprint density at radius 1 is 1.28 bits per heavy atom. The molecule has 0 spiro atoms. The summed E-state index contributed by atoms with van der Waals surface area (Å²) < 4.78 is 0. The predicted molar refractivity (Wildman–Crippen MR) is 60.7 cm³/mol. The van der Waals surface area contributed by atoms with Crippen molar-refractivity contribution in [1.82, 2.24) is 14.9 Å². The average molecular weight is 247 g/mol. The van der Waals surface area contributed by atoms with E-state index in [0.29, 0.717) is 13.1 Å². The van der Waals surface area contributed by atoms with Gasteiger partial charge in [0.1, 0.15) is 0 Å². The van der Waals surface area contributed by atoms with Crippen LogP contribution in [0.1, 0.15) is 17.0 Å². The number of carboxylic acid groups (broad SMARTS) is 1. The quantitative estimate of drug-likeness (QED) is 0.811. The molecule has 0 radical (unpaired) electrons. The van der Waals surface area contributed by atoms with Crippen LogP contribution in [-0.4, -0.2) is 44.9 Å². The fourth-order valence-corrected chi connectivity index (χ4v) is 2.84. The maximum atomic E-state index is 12.1. The van der Waals surface area contributed by atoms with Crippen LogP contribution in [0.5, 0.6) is 0 Å². The average Bonchev–Trinajstić information content (AvgIpc) is 3.12. The van der Waals surface area contributed by atoms with Gasteiger partial charge in [-0.25, -0.2) is 9.97 Å². The van der Waals surface area contributed by atoms with E-state index in [-0.39, 0.29) is 29.5 Å². The topological polar surface area (TPSA) is 83.4 Å². The molecule has 2 fully saturated rings. The van der Waals surface area contributed by atoms with Gasteiger partial charge < -0.3 is 10.0 Å². The van der Waals surface area contributed by atoms with Crippen LogP contribution in [0.2, 0.25) is 0 Å². The van der Waals surface area contributed by atoms with Gasteiger partial charge in [0, 0.05) is 25.5 Å². The summed E-state index contributed by atoms with van der Waals surface area (Å²) in [6.45, 7) is 1.11. The second-order valence-electron chi connectivity index (χ2n) is 4.80. The van der Waals surface area contributed by atoms with E-state index in [9.17, 15) is 9.59 Å². The fourth-order valence-electron chi connectivity index (χ4n) is 2.84. The number of piperidine rings is 1.